The van der Waals surface area contributed by atoms with Gasteiger partial charge in [-0.2, -0.15) is 0 Å². The van der Waals surface area contributed by atoms with Crippen molar-refractivity contribution in [3.05, 3.63) is 76.2 Å². The highest BCUT2D eigenvalue weighted by molar-refractivity contribution is 5.83. The fourth-order valence-electron chi connectivity index (χ4n) is 2.92. The molecule has 0 aliphatic carbocycles. The molecule has 1 N–H and O–H groups in total. The molecule has 1 unspecified atom stereocenters. The molecule has 0 bridgehead atoms. The Morgan fingerprint density at radius 1 is 1.15 bits per heavy atom. The van der Waals surface area contributed by atoms with Crippen LogP contribution in [0.1, 0.15) is 30.5 Å². The Kier molecular flexibility index (Phi) is 5.07. The summed E-state index contributed by atoms with van der Waals surface area (Å²) in [4.78, 5) is 23.9. The molecule has 0 saturated carbocycles. The molecular weight excluding hydrogens is 330 g/mol. The first-order valence-corrected chi connectivity index (χ1v) is 8.55. The predicted octanol–water partition coefficient (Wildman–Crippen LogP) is 3.92. The lowest BCUT2D eigenvalue weighted by Crippen LogP contribution is -2.29. The minimum atomic E-state index is -1.01. The highest BCUT2D eigenvalue weighted by Crippen LogP contribution is 2.21. The number of pyridine rings is 1. The highest BCUT2D eigenvalue weighted by atomic mass is 16.5. The Morgan fingerprint density at radius 3 is 2.54 bits per heavy atom. The summed E-state index contributed by atoms with van der Waals surface area (Å²) in [7, 11) is 0. The maximum atomic E-state index is 12.6. The predicted molar refractivity (Wildman–Crippen MR) is 101 cm³/mol. The van der Waals surface area contributed by atoms with Crippen LogP contribution in [0.15, 0.2) is 59.5 Å². The summed E-state index contributed by atoms with van der Waals surface area (Å²) in [6.45, 7) is 4.23. The van der Waals surface area contributed by atoms with Crippen molar-refractivity contribution in [3.63, 3.8) is 0 Å². The van der Waals surface area contributed by atoms with Crippen molar-refractivity contribution in [1.82, 2.24) is 4.57 Å². The number of hydrogen-bond acceptors (Lipinski definition) is 3. The van der Waals surface area contributed by atoms with Gasteiger partial charge in [-0.15, -0.1) is 0 Å². The van der Waals surface area contributed by atoms with Crippen LogP contribution in [0.3, 0.4) is 0 Å². The summed E-state index contributed by atoms with van der Waals surface area (Å²) in [5.74, 6) is -0.340. The monoisotopic (exact) mass is 351 g/mol. The molecule has 134 valence electrons. The van der Waals surface area contributed by atoms with Gasteiger partial charge in [0.1, 0.15) is 18.4 Å². The third kappa shape index (κ3) is 3.61. The highest BCUT2D eigenvalue weighted by Gasteiger charge is 2.19. The Balaban J connectivity index is 1.86. The van der Waals surface area contributed by atoms with Crippen molar-refractivity contribution in [2.24, 2.45) is 0 Å². The number of aromatic nitrogens is 1. The number of carboxylic acids is 1. The van der Waals surface area contributed by atoms with Gasteiger partial charge in [0.05, 0.1) is 0 Å². The molecule has 0 aliphatic rings. The lowest BCUT2D eigenvalue weighted by Gasteiger charge is -2.14. The molecule has 3 aromatic rings. The molecule has 0 spiro atoms. The molecule has 5 nitrogen and oxygen atoms in total. The lowest BCUT2D eigenvalue weighted by molar-refractivity contribution is -0.141. The summed E-state index contributed by atoms with van der Waals surface area (Å²) in [5.41, 5.74) is 1.96. The summed E-state index contributed by atoms with van der Waals surface area (Å²) in [6.07, 6.45) is 1.88. The minimum Gasteiger partial charge on any atom is -0.489 e. The van der Waals surface area contributed by atoms with E-state index in [1.165, 1.54) is 16.3 Å². The van der Waals surface area contributed by atoms with Gasteiger partial charge in [-0.05, 0) is 48.6 Å². The average molecular weight is 351 g/mol. The lowest BCUT2D eigenvalue weighted by atomic mass is 10.1. The quantitative estimate of drug-likeness (QED) is 0.731. The van der Waals surface area contributed by atoms with Crippen LogP contribution in [-0.2, 0) is 11.4 Å². The van der Waals surface area contributed by atoms with Gasteiger partial charge in [0, 0.05) is 11.6 Å². The summed E-state index contributed by atoms with van der Waals surface area (Å²) < 4.78 is 7.09. The average Bonchev–Trinajstić information content (AvgIpc) is 2.63. The van der Waals surface area contributed by atoms with Crippen LogP contribution in [0, 0.1) is 6.92 Å². The van der Waals surface area contributed by atoms with Crippen LogP contribution in [0.5, 0.6) is 5.75 Å². The topological polar surface area (TPSA) is 68.5 Å². The molecular formula is C21H21NO4. The molecule has 5 heteroatoms. The van der Waals surface area contributed by atoms with E-state index in [-0.39, 0.29) is 5.56 Å². The van der Waals surface area contributed by atoms with E-state index in [1.54, 1.807) is 31.2 Å². The van der Waals surface area contributed by atoms with Crippen molar-refractivity contribution in [3.8, 4) is 5.75 Å². The van der Waals surface area contributed by atoms with Crippen molar-refractivity contribution in [1.29, 1.82) is 0 Å². The fraction of sp³-hybridized carbons (Fsp3) is 0.238. The van der Waals surface area contributed by atoms with Gasteiger partial charge in [0.25, 0.3) is 5.56 Å². The second-order valence-electron chi connectivity index (χ2n) is 6.31. The Labute approximate surface area is 151 Å². The van der Waals surface area contributed by atoms with Crippen molar-refractivity contribution < 1.29 is 14.6 Å². The third-order valence-electron chi connectivity index (χ3n) is 4.44. The van der Waals surface area contributed by atoms with Crippen LogP contribution in [0.25, 0.3) is 10.8 Å². The number of ether oxygens (including phenoxy) is 1. The summed E-state index contributed by atoms with van der Waals surface area (Å²) >= 11 is 0. The molecule has 1 aromatic heterocycles. The first kappa shape index (κ1) is 17.7. The maximum absolute atomic E-state index is 12.6. The van der Waals surface area contributed by atoms with E-state index in [1.807, 2.05) is 31.2 Å². The number of carboxylic acid groups (broad SMARTS) is 1. The van der Waals surface area contributed by atoms with Gasteiger partial charge < -0.3 is 14.4 Å². The van der Waals surface area contributed by atoms with E-state index in [4.69, 9.17) is 4.74 Å². The van der Waals surface area contributed by atoms with E-state index < -0.39 is 12.0 Å². The second-order valence-corrected chi connectivity index (χ2v) is 6.31. The molecule has 0 fully saturated rings. The van der Waals surface area contributed by atoms with E-state index >= 15 is 0 Å². The smallest absolute Gasteiger partial charge is 0.326 e. The van der Waals surface area contributed by atoms with E-state index in [2.05, 4.69) is 0 Å². The van der Waals surface area contributed by atoms with Gasteiger partial charge in [0.15, 0.2) is 0 Å². The zero-order valence-electron chi connectivity index (χ0n) is 14.8. The number of benzene rings is 2. The van der Waals surface area contributed by atoms with Gasteiger partial charge >= 0.3 is 5.97 Å². The summed E-state index contributed by atoms with van der Waals surface area (Å²) in [6, 6.07) is 14.2. The van der Waals surface area contributed by atoms with E-state index in [9.17, 15) is 14.7 Å². The van der Waals surface area contributed by atoms with Crippen LogP contribution in [-0.4, -0.2) is 15.6 Å². The number of nitrogens with zero attached hydrogens (tertiary/aromatic N) is 1. The van der Waals surface area contributed by atoms with E-state index in [0.717, 1.165) is 10.9 Å². The van der Waals surface area contributed by atoms with Crippen LogP contribution in [0.4, 0.5) is 0 Å². The second kappa shape index (κ2) is 7.44. The van der Waals surface area contributed by atoms with Crippen molar-refractivity contribution >= 4 is 16.7 Å². The molecule has 0 amide bonds. The van der Waals surface area contributed by atoms with Crippen LogP contribution in [0.2, 0.25) is 0 Å². The zero-order chi connectivity index (χ0) is 18.7. The molecule has 0 saturated heterocycles. The number of hydrogen-bond donors (Lipinski definition) is 1. The molecule has 0 radical (unpaired) electrons. The largest absolute Gasteiger partial charge is 0.489 e. The number of rotatable bonds is 6. The Morgan fingerprint density at radius 2 is 1.88 bits per heavy atom. The van der Waals surface area contributed by atoms with Crippen molar-refractivity contribution in [2.45, 2.75) is 32.9 Å². The summed E-state index contributed by atoms with van der Waals surface area (Å²) in [5, 5.41) is 10.5. The molecule has 2 aromatic carbocycles. The zero-order valence-corrected chi connectivity index (χ0v) is 14.8. The normalized spacial score (nSPS) is 12.1. The van der Waals surface area contributed by atoms with Crippen molar-refractivity contribution in [2.75, 3.05) is 0 Å². The standard InChI is InChI=1S/C21H21NO4/c1-3-19(21(24)25)22-11-10-16-12-17(8-9-18(16)20(22)23)26-13-15-6-4-14(2)5-7-15/h4-12,19H,3,13H2,1-2H3,(H,24,25). The van der Waals surface area contributed by atoms with Gasteiger partial charge in [-0.3, -0.25) is 4.79 Å². The van der Waals surface area contributed by atoms with Gasteiger partial charge in [-0.25, -0.2) is 4.79 Å². The van der Waals surface area contributed by atoms with Gasteiger partial charge in [0.2, 0.25) is 0 Å². The number of aliphatic carboxylic acids is 1. The fourth-order valence-corrected chi connectivity index (χ4v) is 2.92. The SMILES string of the molecule is CCC(C(=O)O)n1ccc2cc(OCc3ccc(C)cc3)ccc2c1=O. The molecule has 0 aliphatic heterocycles. The maximum Gasteiger partial charge on any atom is 0.326 e. The molecule has 26 heavy (non-hydrogen) atoms. The number of fused-ring (bicyclic) bond motifs is 1. The number of aryl methyl sites for hydroxylation is 1. The third-order valence-corrected chi connectivity index (χ3v) is 4.44. The first-order valence-electron chi connectivity index (χ1n) is 8.55. The first-order chi connectivity index (χ1) is 12.5. The van der Waals surface area contributed by atoms with Gasteiger partial charge in [-0.1, -0.05) is 36.8 Å². The Hall–Kier alpha value is -3.08. The minimum absolute atomic E-state index is 0.304. The molecule has 1 atom stereocenters. The number of carbonyl (C=O) groups is 1. The van der Waals surface area contributed by atoms with Crippen LogP contribution < -0.4 is 10.3 Å². The Bertz CT molecular complexity index is 989. The van der Waals surface area contributed by atoms with Crippen LogP contribution >= 0.6 is 0 Å². The molecule has 1 heterocycles. The molecule has 3 rings (SSSR count). The van der Waals surface area contributed by atoms with E-state index in [0.29, 0.717) is 24.2 Å².